The minimum Gasteiger partial charge on any atom is -0.493 e. The summed E-state index contributed by atoms with van der Waals surface area (Å²) in [6.45, 7) is 5.91. The summed E-state index contributed by atoms with van der Waals surface area (Å²) in [5.74, 6) is 0.975. The Morgan fingerprint density at radius 1 is 1.40 bits per heavy atom. The molecule has 0 fully saturated rings. The van der Waals surface area contributed by atoms with Gasteiger partial charge in [-0.15, -0.1) is 0 Å². The Morgan fingerprint density at radius 3 is 2.90 bits per heavy atom. The zero-order valence-electron chi connectivity index (χ0n) is 12.5. The number of aromatic nitrogens is 2. The highest BCUT2D eigenvalue weighted by atomic mass is 16.5. The third-order valence-electron chi connectivity index (χ3n) is 3.51. The molecule has 2 aromatic rings. The van der Waals surface area contributed by atoms with E-state index in [9.17, 15) is 0 Å². The molecular formula is C16H23N3O. The maximum Gasteiger partial charge on any atom is 0.122 e. The van der Waals surface area contributed by atoms with E-state index in [2.05, 4.69) is 46.9 Å². The van der Waals surface area contributed by atoms with Crippen LogP contribution in [0, 0.1) is 6.92 Å². The van der Waals surface area contributed by atoms with Gasteiger partial charge in [-0.2, -0.15) is 0 Å². The molecule has 0 bridgehead atoms. The van der Waals surface area contributed by atoms with Crippen LogP contribution in [0.3, 0.4) is 0 Å². The topological polar surface area (TPSA) is 39.1 Å². The Bertz CT molecular complexity index is 523. The van der Waals surface area contributed by atoms with E-state index in [-0.39, 0.29) is 0 Å². The van der Waals surface area contributed by atoms with Crippen molar-refractivity contribution in [3.05, 3.63) is 48.0 Å². The zero-order chi connectivity index (χ0) is 14.4. The number of hydrogen-bond donors (Lipinski definition) is 1. The quantitative estimate of drug-likeness (QED) is 0.788. The van der Waals surface area contributed by atoms with E-state index >= 15 is 0 Å². The van der Waals surface area contributed by atoms with Crippen LogP contribution in [0.5, 0.6) is 5.75 Å². The molecule has 0 spiro atoms. The van der Waals surface area contributed by atoms with Gasteiger partial charge in [-0.3, -0.25) is 0 Å². The fraction of sp³-hybridized carbons (Fsp3) is 0.438. The van der Waals surface area contributed by atoms with Crippen molar-refractivity contribution in [3.63, 3.8) is 0 Å². The van der Waals surface area contributed by atoms with Crippen LogP contribution in [0.2, 0.25) is 0 Å². The lowest BCUT2D eigenvalue weighted by atomic mass is 10.1. The molecule has 0 saturated carbocycles. The molecule has 108 valence electrons. The van der Waals surface area contributed by atoms with E-state index in [4.69, 9.17) is 4.74 Å². The van der Waals surface area contributed by atoms with Gasteiger partial charge in [0.1, 0.15) is 5.75 Å². The van der Waals surface area contributed by atoms with E-state index in [1.807, 2.05) is 19.6 Å². The average molecular weight is 273 g/mol. The van der Waals surface area contributed by atoms with Crippen molar-refractivity contribution in [3.8, 4) is 5.75 Å². The van der Waals surface area contributed by atoms with Crippen LogP contribution in [0.15, 0.2) is 36.9 Å². The molecule has 0 amide bonds. The molecule has 1 aromatic heterocycles. The summed E-state index contributed by atoms with van der Waals surface area (Å²) in [7, 11) is 1.97. The van der Waals surface area contributed by atoms with E-state index < -0.39 is 0 Å². The summed E-state index contributed by atoms with van der Waals surface area (Å²) in [6, 6.07) is 6.74. The number of rotatable bonds is 7. The first-order chi connectivity index (χ1) is 9.70. The van der Waals surface area contributed by atoms with Crippen molar-refractivity contribution >= 4 is 0 Å². The van der Waals surface area contributed by atoms with Gasteiger partial charge in [-0.1, -0.05) is 12.1 Å². The first-order valence-electron chi connectivity index (χ1n) is 7.07. The average Bonchev–Trinajstić information content (AvgIpc) is 2.97. The number of aryl methyl sites for hydroxylation is 2. The van der Waals surface area contributed by atoms with Gasteiger partial charge in [0.2, 0.25) is 0 Å². The van der Waals surface area contributed by atoms with E-state index in [0.29, 0.717) is 6.04 Å². The van der Waals surface area contributed by atoms with Crippen molar-refractivity contribution < 1.29 is 4.74 Å². The SMILES string of the molecule is CNC(C)c1ccc(OCCCn2ccnc2)c(C)c1. The predicted octanol–water partition coefficient (Wildman–Crippen LogP) is 2.94. The number of ether oxygens (including phenoxy) is 1. The Labute approximate surface area is 120 Å². The van der Waals surface area contributed by atoms with Crippen molar-refractivity contribution in [2.45, 2.75) is 32.9 Å². The van der Waals surface area contributed by atoms with E-state index in [1.165, 1.54) is 11.1 Å². The van der Waals surface area contributed by atoms with E-state index in [1.54, 1.807) is 6.20 Å². The number of nitrogens with one attached hydrogen (secondary N) is 1. The molecule has 0 radical (unpaired) electrons. The molecule has 4 nitrogen and oxygen atoms in total. The Morgan fingerprint density at radius 2 is 2.25 bits per heavy atom. The molecule has 20 heavy (non-hydrogen) atoms. The summed E-state index contributed by atoms with van der Waals surface area (Å²) in [5.41, 5.74) is 2.47. The highest BCUT2D eigenvalue weighted by Gasteiger charge is 2.06. The molecule has 0 saturated heterocycles. The molecule has 1 aromatic carbocycles. The van der Waals surface area contributed by atoms with Gasteiger partial charge in [-0.05, 0) is 44.5 Å². The highest BCUT2D eigenvalue weighted by molar-refractivity contribution is 5.37. The van der Waals surface area contributed by atoms with E-state index in [0.717, 1.165) is 25.3 Å². The number of benzene rings is 1. The second-order valence-corrected chi connectivity index (χ2v) is 5.04. The maximum absolute atomic E-state index is 5.85. The summed E-state index contributed by atoms with van der Waals surface area (Å²) >= 11 is 0. The van der Waals surface area contributed by atoms with Gasteiger partial charge in [0.25, 0.3) is 0 Å². The molecule has 0 aliphatic carbocycles. The lowest BCUT2D eigenvalue weighted by Crippen LogP contribution is -2.12. The first-order valence-corrected chi connectivity index (χ1v) is 7.07. The van der Waals surface area contributed by atoms with Crippen LogP contribution >= 0.6 is 0 Å². The van der Waals surface area contributed by atoms with Crippen molar-refractivity contribution in [2.75, 3.05) is 13.7 Å². The minimum absolute atomic E-state index is 0.365. The van der Waals surface area contributed by atoms with Crippen LogP contribution in [0.25, 0.3) is 0 Å². The molecule has 2 rings (SSSR count). The largest absolute Gasteiger partial charge is 0.493 e. The fourth-order valence-electron chi connectivity index (χ4n) is 2.12. The molecular weight excluding hydrogens is 250 g/mol. The summed E-state index contributed by atoms with van der Waals surface area (Å²) in [4.78, 5) is 4.02. The highest BCUT2D eigenvalue weighted by Crippen LogP contribution is 2.22. The molecule has 0 aliphatic rings. The maximum atomic E-state index is 5.85. The molecule has 1 atom stereocenters. The lowest BCUT2D eigenvalue weighted by molar-refractivity contribution is 0.299. The third-order valence-corrected chi connectivity index (χ3v) is 3.51. The molecule has 0 aliphatic heterocycles. The van der Waals surface area contributed by atoms with Gasteiger partial charge in [0.05, 0.1) is 12.9 Å². The summed E-state index contributed by atoms with van der Waals surface area (Å²) in [5, 5.41) is 3.25. The second kappa shape index (κ2) is 7.10. The smallest absolute Gasteiger partial charge is 0.122 e. The monoisotopic (exact) mass is 273 g/mol. The van der Waals surface area contributed by atoms with Gasteiger partial charge >= 0.3 is 0 Å². The van der Waals surface area contributed by atoms with Crippen LogP contribution < -0.4 is 10.1 Å². The van der Waals surface area contributed by atoms with Gasteiger partial charge < -0.3 is 14.6 Å². The number of nitrogens with zero attached hydrogens (tertiary/aromatic N) is 2. The summed E-state index contributed by atoms with van der Waals surface area (Å²) in [6.07, 6.45) is 6.58. The van der Waals surface area contributed by atoms with Crippen LogP contribution in [0.1, 0.15) is 30.5 Å². The second-order valence-electron chi connectivity index (χ2n) is 5.04. The van der Waals surface area contributed by atoms with Crippen molar-refractivity contribution in [2.24, 2.45) is 0 Å². The molecule has 1 heterocycles. The predicted molar refractivity (Wildman–Crippen MR) is 81.0 cm³/mol. The summed E-state index contributed by atoms with van der Waals surface area (Å²) < 4.78 is 7.91. The van der Waals surface area contributed by atoms with Crippen LogP contribution in [-0.2, 0) is 6.54 Å². The standard InChI is InChI=1S/C16H23N3O/c1-13-11-15(14(2)17-3)5-6-16(13)20-10-4-8-19-9-7-18-12-19/h5-7,9,11-12,14,17H,4,8,10H2,1-3H3. The first kappa shape index (κ1) is 14.6. The Balaban J connectivity index is 1.83. The van der Waals surface area contributed by atoms with Gasteiger partial charge in [-0.25, -0.2) is 4.98 Å². The normalized spacial score (nSPS) is 12.3. The zero-order valence-corrected chi connectivity index (χ0v) is 12.5. The van der Waals surface area contributed by atoms with Crippen molar-refractivity contribution in [1.82, 2.24) is 14.9 Å². The van der Waals surface area contributed by atoms with Crippen molar-refractivity contribution in [1.29, 1.82) is 0 Å². The Hall–Kier alpha value is -1.81. The third kappa shape index (κ3) is 3.84. The molecule has 1 unspecified atom stereocenters. The van der Waals surface area contributed by atoms with Gasteiger partial charge in [0.15, 0.2) is 0 Å². The van der Waals surface area contributed by atoms with Crippen LogP contribution in [-0.4, -0.2) is 23.2 Å². The fourth-order valence-corrected chi connectivity index (χ4v) is 2.12. The number of imidazole rings is 1. The molecule has 1 N–H and O–H groups in total. The molecule has 4 heteroatoms. The minimum atomic E-state index is 0.365. The van der Waals surface area contributed by atoms with Gasteiger partial charge in [0, 0.05) is 25.0 Å². The van der Waals surface area contributed by atoms with Crippen LogP contribution in [0.4, 0.5) is 0 Å². The number of hydrogen-bond acceptors (Lipinski definition) is 3. The lowest BCUT2D eigenvalue weighted by Gasteiger charge is -2.14. The Kier molecular flexibility index (Phi) is 5.18.